The summed E-state index contributed by atoms with van der Waals surface area (Å²) in [7, 11) is 0. The maximum absolute atomic E-state index is 12.1. The molecule has 1 N–H and O–H groups in total. The summed E-state index contributed by atoms with van der Waals surface area (Å²) in [5.74, 6) is -0.885. The summed E-state index contributed by atoms with van der Waals surface area (Å²) < 4.78 is 0. The first-order chi connectivity index (χ1) is 12.6. The van der Waals surface area contributed by atoms with Gasteiger partial charge < -0.3 is 5.11 Å². The number of carboxylic acid groups (broad SMARTS) is 1. The minimum Gasteiger partial charge on any atom is -0.478 e. The van der Waals surface area contributed by atoms with E-state index in [0.29, 0.717) is 17.5 Å². The van der Waals surface area contributed by atoms with Gasteiger partial charge in [0.2, 0.25) is 0 Å². The fourth-order valence-corrected chi connectivity index (χ4v) is 4.42. The van der Waals surface area contributed by atoms with Crippen molar-refractivity contribution in [3.63, 3.8) is 0 Å². The number of pyridine rings is 1. The second-order valence-electron chi connectivity index (χ2n) is 6.58. The molecule has 6 heteroatoms. The normalized spacial score (nSPS) is 15.6. The van der Waals surface area contributed by atoms with Gasteiger partial charge in [-0.05, 0) is 48.2 Å². The highest BCUT2D eigenvalue weighted by atomic mass is 35.5. The zero-order chi connectivity index (χ0) is 18.3. The number of fused-ring (bicyclic) bond motifs is 2. The molecule has 27 heavy (non-hydrogen) atoms. The molecule has 0 unspecified atom stereocenters. The molecule has 4 nitrogen and oxygen atoms in total. The summed E-state index contributed by atoms with van der Waals surface area (Å²) in [6.45, 7) is 6.47. The Bertz CT molecular complexity index is 1040. The van der Waals surface area contributed by atoms with Crippen LogP contribution in [0.4, 0.5) is 0 Å². The van der Waals surface area contributed by atoms with Crippen LogP contribution < -0.4 is 0 Å². The van der Waals surface area contributed by atoms with Gasteiger partial charge >= 0.3 is 5.97 Å². The Morgan fingerprint density at radius 3 is 2.74 bits per heavy atom. The smallest absolute Gasteiger partial charge is 0.336 e. The maximum atomic E-state index is 12.1. The average Bonchev–Trinajstić information content (AvgIpc) is 3.04. The average molecular weight is 401 g/mol. The van der Waals surface area contributed by atoms with Crippen LogP contribution in [0, 0.1) is 6.92 Å². The standard InChI is InChI=1S/C21H20N2O2S.ClH/c1-3-23-11-14(10-18-13(2)8-9-26-18)20-16(12-23)19(21(24)25)15-6-4-5-7-17(15)22-20;/h4-10H,3,11-12H2,1-2H3,(H,24,25);1H. The number of thiophene rings is 1. The maximum Gasteiger partial charge on any atom is 0.336 e. The molecule has 0 amide bonds. The van der Waals surface area contributed by atoms with Crippen molar-refractivity contribution in [3.8, 4) is 0 Å². The summed E-state index contributed by atoms with van der Waals surface area (Å²) in [5, 5.41) is 12.7. The SMILES string of the molecule is CCN1CC(=Cc2sccc2C)c2nc3ccccc3c(C(=O)O)c2C1.Cl. The van der Waals surface area contributed by atoms with E-state index in [9.17, 15) is 9.90 Å². The van der Waals surface area contributed by atoms with Gasteiger partial charge in [-0.1, -0.05) is 25.1 Å². The van der Waals surface area contributed by atoms with Gasteiger partial charge in [0.05, 0.1) is 16.8 Å². The number of carbonyl (C=O) groups is 1. The van der Waals surface area contributed by atoms with Crippen molar-refractivity contribution >= 4 is 52.3 Å². The summed E-state index contributed by atoms with van der Waals surface area (Å²) in [5.41, 5.74) is 5.10. The zero-order valence-electron chi connectivity index (χ0n) is 15.2. The molecule has 4 rings (SSSR count). The number of carboxylic acids is 1. The molecule has 1 aliphatic heterocycles. The van der Waals surface area contributed by atoms with E-state index in [1.54, 1.807) is 11.3 Å². The molecule has 1 aliphatic rings. The second kappa shape index (κ2) is 7.80. The monoisotopic (exact) mass is 400 g/mol. The summed E-state index contributed by atoms with van der Waals surface area (Å²) in [6, 6.07) is 9.62. The summed E-state index contributed by atoms with van der Waals surface area (Å²) >= 11 is 1.70. The lowest BCUT2D eigenvalue weighted by Crippen LogP contribution is -2.31. The molecule has 0 spiro atoms. The Morgan fingerprint density at radius 1 is 1.30 bits per heavy atom. The third-order valence-corrected chi connectivity index (χ3v) is 5.91. The number of aryl methyl sites for hydroxylation is 1. The number of nitrogens with zero attached hydrogens (tertiary/aromatic N) is 2. The van der Waals surface area contributed by atoms with Gasteiger partial charge in [-0.25, -0.2) is 9.78 Å². The van der Waals surface area contributed by atoms with Crippen molar-refractivity contribution in [2.45, 2.75) is 20.4 Å². The van der Waals surface area contributed by atoms with E-state index in [1.165, 1.54) is 10.4 Å². The molecule has 0 bridgehead atoms. The number of hydrogen-bond donors (Lipinski definition) is 1. The molecular formula is C21H21ClN2O2S. The first-order valence-corrected chi connectivity index (χ1v) is 9.58. The van der Waals surface area contributed by atoms with Crippen LogP contribution >= 0.6 is 23.7 Å². The third kappa shape index (κ3) is 3.50. The first-order valence-electron chi connectivity index (χ1n) is 8.70. The Morgan fingerprint density at radius 2 is 2.07 bits per heavy atom. The van der Waals surface area contributed by atoms with Crippen molar-refractivity contribution in [2.75, 3.05) is 13.1 Å². The van der Waals surface area contributed by atoms with Gasteiger partial charge in [0, 0.05) is 28.9 Å². The molecule has 3 heterocycles. The molecule has 3 aromatic rings. The molecule has 0 atom stereocenters. The third-order valence-electron chi connectivity index (χ3n) is 4.94. The Labute approximate surface area is 168 Å². The van der Waals surface area contributed by atoms with Crippen molar-refractivity contribution in [1.29, 1.82) is 0 Å². The molecule has 0 saturated heterocycles. The minimum absolute atomic E-state index is 0. The molecule has 2 aromatic heterocycles. The quantitative estimate of drug-likeness (QED) is 0.664. The van der Waals surface area contributed by atoms with Gasteiger partial charge in [0.25, 0.3) is 0 Å². The van der Waals surface area contributed by atoms with E-state index in [2.05, 4.69) is 36.3 Å². The number of halogens is 1. The number of aromatic nitrogens is 1. The van der Waals surface area contributed by atoms with Crippen LogP contribution in [-0.4, -0.2) is 34.0 Å². The number of rotatable bonds is 3. The summed E-state index contributed by atoms with van der Waals surface area (Å²) in [6.07, 6.45) is 2.17. The largest absolute Gasteiger partial charge is 0.478 e. The van der Waals surface area contributed by atoms with Crippen LogP contribution in [-0.2, 0) is 6.54 Å². The minimum atomic E-state index is -0.885. The molecular weight excluding hydrogens is 380 g/mol. The van der Waals surface area contributed by atoms with E-state index in [-0.39, 0.29) is 12.4 Å². The lowest BCUT2D eigenvalue weighted by molar-refractivity contribution is 0.0696. The van der Waals surface area contributed by atoms with Crippen molar-refractivity contribution < 1.29 is 9.90 Å². The van der Waals surface area contributed by atoms with Crippen molar-refractivity contribution in [3.05, 3.63) is 63.0 Å². The molecule has 1 aromatic carbocycles. The predicted octanol–water partition coefficient (Wildman–Crippen LogP) is 5.10. The van der Waals surface area contributed by atoms with E-state index in [1.807, 2.05) is 24.3 Å². The van der Waals surface area contributed by atoms with Crippen LogP contribution in [0.2, 0.25) is 0 Å². The van der Waals surface area contributed by atoms with Crippen LogP contribution in [0.25, 0.3) is 22.6 Å². The Kier molecular flexibility index (Phi) is 5.65. The number of benzene rings is 1. The Balaban J connectivity index is 0.00000210. The molecule has 0 aliphatic carbocycles. The first kappa shape index (κ1) is 19.5. The number of aromatic carboxylic acids is 1. The van der Waals surface area contributed by atoms with Gasteiger partial charge in [-0.3, -0.25) is 4.90 Å². The van der Waals surface area contributed by atoms with Crippen LogP contribution in [0.3, 0.4) is 0 Å². The lowest BCUT2D eigenvalue weighted by atomic mass is 9.92. The highest BCUT2D eigenvalue weighted by Crippen LogP contribution is 2.34. The predicted molar refractivity (Wildman–Crippen MR) is 114 cm³/mol. The van der Waals surface area contributed by atoms with E-state index < -0.39 is 5.97 Å². The number of hydrogen-bond acceptors (Lipinski definition) is 4. The fraction of sp³-hybridized carbons (Fsp3) is 0.238. The van der Waals surface area contributed by atoms with E-state index in [0.717, 1.165) is 35.4 Å². The lowest BCUT2D eigenvalue weighted by Gasteiger charge is -2.30. The highest BCUT2D eigenvalue weighted by molar-refractivity contribution is 7.11. The molecule has 0 fully saturated rings. The van der Waals surface area contributed by atoms with Gasteiger partial charge in [-0.2, -0.15) is 0 Å². The Hall–Kier alpha value is -2.21. The van der Waals surface area contributed by atoms with Gasteiger partial charge in [0.1, 0.15) is 0 Å². The van der Waals surface area contributed by atoms with Gasteiger partial charge in [0.15, 0.2) is 0 Å². The molecule has 0 saturated carbocycles. The van der Waals surface area contributed by atoms with E-state index >= 15 is 0 Å². The summed E-state index contributed by atoms with van der Waals surface area (Å²) in [4.78, 5) is 20.4. The topological polar surface area (TPSA) is 53.4 Å². The van der Waals surface area contributed by atoms with Crippen LogP contribution in [0.15, 0.2) is 35.7 Å². The number of para-hydroxylation sites is 1. The van der Waals surface area contributed by atoms with Crippen LogP contribution in [0.1, 0.15) is 39.0 Å². The molecule has 0 radical (unpaired) electrons. The van der Waals surface area contributed by atoms with Gasteiger partial charge in [-0.15, -0.1) is 23.7 Å². The van der Waals surface area contributed by atoms with Crippen LogP contribution in [0.5, 0.6) is 0 Å². The van der Waals surface area contributed by atoms with Crippen molar-refractivity contribution in [1.82, 2.24) is 9.88 Å². The zero-order valence-corrected chi connectivity index (χ0v) is 16.9. The van der Waals surface area contributed by atoms with E-state index in [4.69, 9.17) is 4.98 Å². The highest BCUT2D eigenvalue weighted by Gasteiger charge is 2.28. The number of likely N-dealkylation sites (N-methyl/N-ethyl adjacent to an activating group) is 1. The molecule has 140 valence electrons. The fourth-order valence-electron chi connectivity index (χ4n) is 3.54. The van der Waals surface area contributed by atoms with Crippen molar-refractivity contribution in [2.24, 2.45) is 0 Å². The second-order valence-corrected chi connectivity index (χ2v) is 7.52.